The summed E-state index contributed by atoms with van der Waals surface area (Å²) in [5.74, 6) is 0.919. The van der Waals surface area contributed by atoms with Gasteiger partial charge < -0.3 is 9.64 Å². The van der Waals surface area contributed by atoms with E-state index in [0.29, 0.717) is 43.0 Å². The zero-order chi connectivity index (χ0) is 22.7. The van der Waals surface area contributed by atoms with Crippen molar-refractivity contribution < 1.29 is 9.53 Å². The molecule has 3 aromatic rings. The lowest BCUT2D eigenvalue weighted by atomic mass is 9.86. The van der Waals surface area contributed by atoms with Gasteiger partial charge in [-0.25, -0.2) is 0 Å². The molecular formula is C25H27N5O2. The first-order chi connectivity index (χ1) is 15.5. The fourth-order valence-electron chi connectivity index (χ4n) is 4.43. The number of ether oxygens (including phenoxy) is 1. The number of aromatic nitrogens is 3. The Hall–Kier alpha value is -3.66. The lowest BCUT2D eigenvalue weighted by molar-refractivity contribution is 0.0712. The maximum absolute atomic E-state index is 13.4. The van der Waals surface area contributed by atoms with Gasteiger partial charge in [0.2, 0.25) is 0 Å². The number of H-pyrrole nitrogens is 1. The highest BCUT2D eigenvalue weighted by molar-refractivity contribution is 5.97. The van der Waals surface area contributed by atoms with Crippen LogP contribution in [0.2, 0.25) is 0 Å². The second-order valence-corrected chi connectivity index (χ2v) is 8.16. The Kier molecular flexibility index (Phi) is 6.22. The predicted octanol–water partition coefficient (Wildman–Crippen LogP) is 4.38. The standard InChI is InChI=1S/C25H27N5O2/c1-4-32-25-27-23(28-29-25)21-14-22(17(3)13-16(21)2)24(31)30-11-9-18(10-12-30)20-8-6-5-7-19(20)15-26/h5-8,13-14,18H,4,9-12H2,1-3H3,(H,27,28,29). The van der Waals surface area contributed by atoms with E-state index in [4.69, 9.17) is 4.74 Å². The van der Waals surface area contributed by atoms with Crippen molar-refractivity contribution in [1.82, 2.24) is 20.1 Å². The van der Waals surface area contributed by atoms with Gasteiger partial charge in [-0.1, -0.05) is 29.4 Å². The number of amides is 1. The van der Waals surface area contributed by atoms with Gasteiger partial charge in [0.1, 0.15) is 0 Å². The first-order valence-corrected chi connectivity index (χ1v) is 11.0. The van der Waals surface area contributed by atoms with Crippen LogP contribution in [0.3, 0.4) is 0 Å². The smallest absolute Gasteiger partial charge is 0.314 e. The van der Waals surface area contributed by atoms with E-state index in [1.54, 1.807) is 0 Å². The summed E-state index contributed by atoms with van der Waals surface area (Å²) in [7, 11) is 0. The lowest BCUT2D eigenvalue weighted by Gasteiger charge is -2.33. The Morgan fingerprint density at radius 3 is 2.66 bits per heavy atom. The number of aryl methyl sites for hydroxylation is 2. The van der Waals surface area contributed by atoms with E-state index < -0.39 is 0 Å². The van der Waals surface area contributed by atoms with Crippen LogP contribution in [0.15, 0.2) is 36.4 Å². The van der Waals surface area contributed by atoms with Crippen LogP contribution >= 0.6 is 0 Å². The maximum Gasteiger partial charge on any atom is 0.314 e. The van der Waals surface area contributed by atoms with Crippen LogP contribution < -0.4 is 4.74 Å². The maximum atomic E-state index is 13.4. The van der Waals surface area contributed by atoms with Gasteiger partial charge in [0.15, 0.2) is 5.82 Å². The molecule has 0 atom stereocenters. The zero-order valence-corrected chi connectivity index (χ0v) is 18.7. The summed E-state index contributed by atoms with van der Waals surface area (Å²) in [6.45, 7) is 7.69. The Bertz CT molecular complexity index is 1170. The molecule has 4 rings (SSSR count). The molecule has 1 N–H and O–H groups in total. The normalized spacial score (nSPS) is 14.2. The monoisotopic (exact) mass is 429 g/mol. The summed E-state index contributed by atoms with van der Waals surface area (Å²) < 4.78 is 5.38. The van der Waals surface area contributed by atoms with E-state index in [2.05, 4.69) is 21.3 Å². The third kappa shape index (κ3) is 4.22. The van der Waals surface area contributed by atoms with Gasteiger partial charge >= 0.3 is 6.01 Å². The molecule has 1 aliphatic heterocycles. The van der Waals surface area contributed by atoms with E-state index in [1.807, 2.05) is 62.1 Å². The molecule has 0 unspecified atom stereocenters. The zero-order valence-electron chi connectivity index (χ0n) is 18.7. The van der Waals surface area contributed by atoms with Crippen molar-refractivity contribution in [3.8, 4) is 23.5 Å². The summed E-state index contributed by atoms with van der Waals surface area (Å²) in [6.07, 6.45) is 1.70. The fourth-order valence-corrected chi connectivity index (χ4v) is 4.43. The number of nitriles is 1. The number of likely N-dealkylation sites (tertiary alicyclic amines) is 1. The van der Waals surface area contributed by atoms with Gasteiger partial charge in [-0.05, 0) is 68.4 Å². The van der Waals surface area contributed by atoms with Crippen LogP contribution in [-0.4, -0.2) is 45.7 Å². The number of hydrogen-bond donors (Lipinski definition) is 1. The van der Waals surface area contributed by atoms with E-state index in [1.165, 1.54) is 0 Å². The number of carbonyl (C=O) groups excluding carboxylic acids is 1. The van der Waals surface area contributed by atoms with Crippen molar-refractivity contribution in [2.24, 2.45) is 0 Å². The summed E-state index contributed by atoms with van der Waals surface area (Å²) in [5.41, 5.74) is 5.30. The molecule has 1 fully saturated rings. The SMILES string of the molecule is CCOc1nnc(-c2cc(C(=O)N3CCC(c4ccccc4C#N)CC3)c(C)cc2C)[nH]1. The molecule has 1 aliphatic rings. The van der Waals surface area contributed by atoms with Gasteiger partial charge in [-0.2, -0.15) is 5.26 Å². The molecule has 2 heterocycles. The number of hydrogen-bond acceptors (Lipinski definition) is 5. The third-order valence-electron chi connectivity index (χ3n) is 6.11. The minimum absolute atomic E-state index is 0.0281. The van der Waals surface area contributed by atoms with Crippen molar-refractivity contribution in [1.29, 1.82) is 5.26 Å². The molecule has 32 heavy (non-hydrogen) atoms. The summed E-state index contributed by atoms with van der Waals surface area (Å²) in [6, 6.07) is 14.4. The van der Waals surface area contributed by atoms with Crippen LogP contribution in [0, 0.1) is 25.2 Å². The predicted molar refractivity (Wildman–Crippen MR) is 121 cm³/mol. The number of piperidine rings is 1. The van der Waals surface area contributed by atoms with E-state index in [9.17, 15) is 10.1 Å². The van der Waals surface area contributed by atoms with Gasteiger partial charge in [-0.15, -0.1) is 5.10 Å². The molecule has 1 aromatic heterocycles. The first-order valence-electron chi connectivity index (χ1n) is 11.0. The number of aromatic amines is 1. The molecule has 7 heteroatoms. The third-order valence-corrected chi connectivity index (χ3v) is 6.11. The molecular weight excluding hydrogens is 402 g/mol. The van der Waals surface area contributed by atoms with E-state index in [0.717, 1.165) is 40.7 Å². The minimum atomic E-state index is 0.0281. The summed E-state index contributed by atoms with van der Waals surface area (Å²) in [5, 5.41) is 17.6. The molecule has 0 spiro atoms. The summed E-state index contributed by atoms with van der Waals surface area (Å²) >= 11 is 0. The van der Waals surface area contributed by atoms with Crippen molar-refractivity contribution in [2.75, 3.05) is 19.7 Å². The van der Waals surface area contributed by atoms with Gasteiger partial charge in [0, 0.05) is 24.2 Å². The fraction of sp³-hybridized carbons (Fsp3) is 0.360. The summed E-state index contributed by atoms with van der Waals surface area (Å²) in [4.78, 5) is 18.4. The van der Waals surface area contributed by atoms with Gasteiger partial charge in [0.25, 0.3) is 5.91 Å². The molecule has 1 amide bonds. The van der Waals surface area contributed by atoms with Crippen molar-refractivity contribution in [3.63, 3.8) is 0 Å². The largest absolute Gasteiger partial charge is 0.464 e. The Morgan fingerprint density at radius 1 is 1.19 bits per heavy atom. The highest BCUT2D eigenvalue weighted by atomic mass is 16.5. The highest BCUT2D eigenvalue weighted by Gasteiger charge is 2.27. The average Bonchev–Trinajstić information content (AvgIpc) is 3.27. The molecule has 7 nitrogen and oxygen atoms in total. The van der Waals surface area contributed by atoms with Crippen molar-refractivity contribution >= 4 is 5.91 Å². The highest BCUT2D eigenvalue weighted by Crippen LogP contribution is 2.32. The van der Waals surface area contributed by atoms with Crippen molar-refractivity contribution in [3.05, 3.63) is 64.2 Å². The number of nitrogens with one attached hydrogen (secondary N) is 1. The van der Waals surface area contributed by atoms with E-state index >= 15 is 0 Å². The van der Waals surface area contributed by atoms with Gasteiger partial charge in [-0.3, -0.25) is 9.78 Å². The van der Waals surface area contributed by atoms with Crippen LogP contribution in [-0.2, 0) is 0 Å². The second kappa shape index (κ2) is 9.23. The Morgan fingerprint density at radius 2 is 1.94 bits per heavy atom. The van der Waals surface area contributed by atoms with Crippen molar-refractivity contribution in [2.45, 2.75) is 39.5 Å². The van der Waals surface area contributed by atoms with Crippen LogP contribution in [0.25, 0.3) is 11.4 Å². The molecule has 1 saturated heterocycles. The molecule has 2 aromatic carbocycles. The first kappa shape index (κ1) is 21.6. The molecule has 164 valence electrons. The lowest BCUT2D eigenvalue weighted by Crippen LogP contribution is -2.38. The van der Waals surface area contributed by atoms with E-state index in [-0.39, 0.29) is 5.91 Å². The minimum Gasteiger partial charge on any atom is -0.464 e. The number of nitrogens with zero attached hydrogens (tertiary/aromatic N) is 4. The molecule has 0 bridgehead atoms. The Balaban J connectivity index is 1.53. The molecule has 0 saturated carbocycles. The second-order valence-electron chi connectivity index (χ2n) is 8.16. The molecule has 0 radical (unpaired) electrons. The van der Waals surface area contributed by atoms with Gasteiger partial charge in [0.05, 0.1) is 18.2 Å². The number of rotatable bonds is 5. The molecule has 0 aliphatic carbocycles. The van der Waals surface area contributed by atoms with Crippen LogP contribution in [0.1, 0.15) is 58.3 Å². The average molecular weight is 430 g/mol. The van der Waals surface area contributed by atoms with Crippen LogP contribution in [0.5, 0.6) is 6.01 Å². The quantitative estimate of drug-likeness (QED) is 0.649. The van der Waals surface area contributed by atoms with Crippen LogP contribution in [0.4, 0.5) is 0 Å². The number of carbonyl (C=O) groups is 1. The topological polar surface area (TPSA) is 94.9 Å². The number of benzene rings is 2. The Labute approximate surface area is 188 Å².